The number of phosphoric ester groups is 2. The van der Waals surface area contributed by atoms with Gasteiger partial charge in [0.1, 0.15) is 19.3 Å². The summed E-state index contributed by atoms with van der Waals surface area (Å²) in [5, 5.41) is 10.6. The molecule has 0 aliphatic carbocycles. The molecule has 17 nitrogen and oxygen atoms in total. The summed E-state index contributed by atoms with van der Waals surface area (Å²) in [4.78, 5) is 72.5. The van der Waals surface area contributed by atoms with Crippen molar-refractivity contribution in [2.75, 3.05) is 39.6 Å². The first kappa shape index (κ1) is 87.1. The summed E-state index contributed by atoms with van der Waals surface area (Å²) in [6, 6.07) is 0. The molecule has 0 aromatic rings. The first-order chi connectivity index (χ1) is 42.6. The molecule has 89 heavy (non-hydrogen) atoms. The monoisotopic (exact) mass is 1310 g/mol. The van der Waals surface area contributed by atoms with Gasteiger partial charge in [-0.15, -0.1) is 0 Å². The van der Waals surface area contributed by atoms with Crippen molar-refractivity contribution in [3.63, 3.8) is 0 Å². The number of aliphatic hydroxyl groups excluding tert-OH is 1. The number of hydrogen-bond donors (Lipinski definition) is 3. The fraction of sp³-hybridized carbons (Fsp3) is 0.943. The molecule has 0 radical (unpaired) electrons. The zero-order chi connectivity index (χ0) is 66.1. The summed E-state index contributed by atoms with van der Waals surface area (Å²) < 4.78 is 68.2. The van der Waals surface area contributed by atoms with E-state index in [1.165, 1.54) is 141 Å². The third kappa shape index (κ3) is 63.2. The summed E-state index contributed by atoms with van der Waals surface area (Å²) in [7, 11) is -9.90. The first-order valence-electron chi connectivity index (χ1n) is 36.2. The van der Waals surface area contributed by atoms with Crippen LogP contribution in [0.3, 0.4) is 0 Å². The second-order valence-electron chi connectivity index (χ2n) is 26.9. The molecule has 0 aliphatic rings. The molecule has 19 heteroatoms. The third-order valence-corrected chi connectivity index (χ3v) is 18.3. The van der Waals surface area contributed by atoms with E-state index in [9.17, 15) is 43.2 Å². The van der Waals surface area contributed by atoms with E-state index in [-0.39, 0.29) is 25.7 Å². The summed E-state index contributed by atoms with van der Waals surface area (Å²) in [6.45, 7) is 14.1. The van der Waals surface area contributed by atoms with Gasteiger partial charge in [0.25, 0.3) is 0 Å². The van der Waals surface area contributed by atoms with Crippen LogP contribution in [0.25, 0.3) is 0 Å². The van der Waals surface area contributed by atoms with E-state index in [0.29, 0.717) is 31.6 Å². The molecule has 0 bridgehead atoms. The number of phosphoric acid groups is 2. The van der Waals surface area contributed by atoms with E-state index >= 15 is 0 Å². The Balaban J connectivity index is 5.24. The van der Waals surface area contributed by atoms with Crippen LogP contribution in [0.5, 0.6) is 0 Å². The zero-order valence-corrected chi connectivity index (χ0v) is 59.8. The maximum absolute atomic E-state index is 13.0. The number of aliphatic hydroxyl groups is 1. The predicted molar refractivity (Wildman–Crippen MR) is 358 cm³/mol. The van der Waals surface area contributed by atoms with E-state index in [2.05, 4.69) is 55.4 Å². The highest BCUT2D eigenvalue weighted by Gasteiger charge is 2.30. The zero-order valence-electron chi connectivity index (χ0n) is 58.1. The SMILES string of the molecule is CCC(C)CCCCCCCCCCC(=O)O[C@H](COC(=O)CCCCCCCCCCCCCCCC(C)C)COP(=O)(O)OC[C@@H](O)COP(=O)(O)OC[C@@H](COC(=O)CCCCCCCCC(C)C)OC(=O)CCCCCCCCCCCC(C)C. The number of hydrogen-bond acceptors (Lipinski definition) is 15. The van der Waals surface area contributed by atoms with Gasteiger partial charge in [-0.1, -0.05) is 293 Å². The van der Waals surface area contributed by atoms with Gasteiger partial charge in [0.15, 0.2) is 12.2 Å². The van der Waals surface area contributed by atoms with Crippen LogP contribution in [-0.4, -0.2) is 96.7 Å². The fourth-order valence-corrected chi connectivity index (χ4v) is 12.0. The Morgan fingerprint density at radius 3 is 0.798 bits per heavy atom. The van der Waals surface area contributed by atoms with Gasteiger partial charge in [-0.2, -0.15) is 0 Å². The minimum atomic E-state index is -4.95. The average molecular weight is 1310 g/mol. The number of carbonyl (C=O) groups is 4. The molecule has 0 saturated heterocycles. The van der Waals surface area contributed by atoms with Crippen LogP contribution in [0, 0.1) is 23.7 Å². The summed E-state index contributed by atoms with van der Waals surface area (Å²) >= 11 is 0. The number of carbonyl (C=O) groups excluding carboxylic acids is 4. The van der Waals surface area contributed by atoms with Crippen molar-refractivity contribution >= 4 is 39.5 Å². The second-order valence-corrected chi connectivity index (χ2v) is 29.8. The summed E-state index contributed by atoms with van der Waals surface area (Å²) in [5.41, 5.74) is 0. The van der Waals surface area contributed by atoms with Crippen molar-refractivity contribution in [2.45, 2.75) is 363 Å². The van der Waals surface area contributed by atoms with Gasteiger partial charge < -0.3 is 33.8 Å². The maximum Gasteiger partial charge on any atom is 0.472 e. The Kier molecular flexibility index (Phi) is 58.5. The van der Waals surface area contributed by atoms with Gasteiger partial charge in [-0.3, -0.25) is 37.3 Å². The van der Waals surface area contributed by atoms with Crippen LogP contribution in [0.1, 0.15) is 344 Å². The van der Waals surface area contributed by atoms with Gasteiger partial charge in [0, 0.05) is 25.7 Å². The normalized spacial score (nSPS) is 14.6. The molecule has 0 aliphatic heterocycles. The predicted octanol–water partition coefficient (Wildman–Crippen LogP) is 19.7. The molecule has 6 atom stereocenters. The topological polar surface area (TPSA) is 237 Å². The van der Waals surface area contributed by atoms with Crippen LogP contribution in [0.15, 0.2) is 0 Å². The molecule has 0 aromatic carbocycles. The van der Waals surface area contributed by atoms with Gasteiger partial charge in [0.05, 0.1) is 26.4 Å². The van der Waals surface area contributed by atoms with Crippen LogP contribution in [-0.2, 0) is 65.4 Å². The Labute approximate surface area is 543 Å². The van der Waals surface area contributed by atoms with Crippen LogP contribution in [0.2, 0.25) is 0 Å². The molecule has 528 valence electrons. The van der Waals surface area contributed by atoms with Crippen LogP contribution < -0.4 is 0 Å². The Bertz CT molecular complexity index is 1770. The van der Waals surface area contributed by atoms with Crippen molar-refractivity contribution in [1.29, 1.82) is 0 Å². The first-order valence-corrected chi connectivity index (χ1v) is 39.2. The molecule has 0 spiro atoms. The molecule has 3 N–H and O–H groups in total. The highest BCUT2D eigenvalue weighted by Crippen LogP contribution is 2.45. The summed E-state index contributed by atoms with van der Waals surface area (Å²) in [6.07, 6.45) is 41.8. The molecular formula is C70H136O17P2. The Morgan fingerprint density at radius 2 is 0.539 bits per heavy atom. The fourth-order valence-electron chi connectivity index (χ4n) is 10.5. The van der Waals surface area contributed by atoms with Crippen LogP contribution in [0.4, 0.5) is 0 Å². The highest BCUT2D eigenvalue weighted by atomic mass is 31.2. The molecule has 0 amide bonds. The van der Waals surface area contributed by atoms with Gasteiger partial charge >= 0.3 is 39.5 Å². The van der Waals surface area contributed by atoms with E-state index in [1.807, 2.05) is 0 Å². The van der Waals surface area contributed by atoms with Crippen LogP contribution >= 0.6 is 15.6 Å². The number of rotatable bonds is 67. The van der Waals surface area contributed by atoms with Gasteiger partial charge in [0.2, 0.25) is 0 Å². The maximum atomic E-state index is 13.0. The lowest BCUT2D eigenvalue weighted by atomic mass is 9.99. The third-order valence-electron chi connectivity index (χ3n) is 16.4. The lowest BCUT2D eigenvalue weighted by Gasteiger charge is -2.21. The molecule has 0 heterocycles. The molecule has 0 aromatic heterocycles. The summed E-state index contributed by atoms with van der Waals surface area (Å²) in [5.74, 6) is 0.844. The molecule has 0 saturated carbocycles. The second kappa shape index (κ2) is 59.8. The van der Waals surface area contributed by atoms with E-state index in [1.54, 1.807) is 0 Å². The standard InChI is InChI=1S/C70H136O17P2/c1-9-63(8)49-41-33-24-20-21-27-37-45-53-70(75)87-65(56-80-67(72)50-42-34-25-18-14-12-10-11-13-16-22-30-38-46-60(2)3)58-84-88(76,77)82-54-64(71)55-83-89(78,79)85-59-66(57-81-68(73)51-43-35-29-28-32-40-48-62(6)7)86-69(74)52-44-36-26-19-15-17-23-31-39-47-61(4)5/h60-66,71H,9-59H2,1-8H3,(H,76,77)(H,78,79)/t63?,64-,65-,66-/m1/s1. The number of ether oxygens (including phenoxy) is 4. The lowest BCUT2D eigenvalue weighted by molar-refractivity contribution is -0.161. The number of unbranched alkanes of at least 4 members (excludes halogenated alkanes) is 32. The molecular weight excluding hydrogens is 1170 g/mol. The highest BCUT2D eigenvalue weighted by molar-refractivity contribution is 7.47. The van der Waals surface area contributed by atoms with Crippen molar-refractivity contribution in [1.82, 2.24) is 0 Å². The van der Waals surface area contributed by atoms with Gasteiger partial charge in [-0.25, -0.2) is 9.13 Å². The minimum Gasteiger partial charge on any atom is -0.462 e. The Hall–Kier alpha value is -1.94. The quantitative estimate of drug-likeness (QED) is 0.0222. The number of esters is 4. The van der Waals surface area contributed by atoms with Gasteiger partial charge in [-0.05, 0) is 49.4 Å². The molecule has 0 rings (SSSR count). The van der Waals surface area contributed by atoms with Crippen molar-refractivity contribution in [3.05, 3.63) is 0 Å². The van der Waals surface area contributed by atoms with E-state index < -0.39 is 97.5 Å². The minimum absolute atomic E-state index is 0.104. The van der Waals surface area contributed by atoms with Crippen molar-refractivity contribution in [2.24, 2.45) is 23.7 Å². The average Bonchev–Trinajstić information content (AvgIpc) is 3.70. The van der Waals surface area contributed by atoms with Crippen molar-refractivity contribution in [3.8, 4) is 0 Å². The largest absolute Gasteiger partial charge is 0.472 e. The van der Waals surface area contributed by atoms with E-state index in [0.717, 1.165) is 114 Å². The molecule has 0 fully saturated rings. The molecule has 3 unspecified atom stereocenters. The smallest absolute Gasteiger partial charge is 0.462 e. The Morgan fingerprint density at radius 1 is 0.315 bits per heavy atom. The van der Waals surface area contributed by atoms with E-state index in [4.69, 9.17) is 37.0 Å². The lowest BCUT2D eigenvalue weighted by Crippen LogP contribution is -2.30. The van der Waals surface area contributed by atoms with Crippen molar-refractivity contribution < 1.29 is 80.2 Å².